The Bertz CT molecular complexity index is 967. The Morgan fingerprint density at radius 3 is 2.83 bits per heavy atom. The van der Waals surface area contributed by atoms with Crippen molar-refractivity contribution in [3.8, 4) is 0 Å². The van der Waals surface area contributed by atoms with E-state index in [0.717, 1.165) is 30.0 Å². The number of carbonyl (C=O) groups is 2. The van der Waals surface area contributed by atoms with Gasteiger partial charge in [0.1, 0.15) is 11.4 Å². The zero-order valence-electron chi connectivity index (χ0n) is 18.0. The van der Waals surface area contributed by atoms with Crippen molar-refractivity contribution in [3.05, 3.63) is 27.1 Å². The second kappa shape index (κ2) is 10.2. The van der Waals surface area contributed by atoms with E-state index in [1.807, 2.05) is 13.8 Å². The Hall–Kier alpha value is -2.26. The number of likely N-dealkylation sites (N-methyl/N-ethyl adjacent to an activating group) is 1. The third-order valence-electron chi connectivity index (χ3n) is 5.81. The average molecular weight is 434 g/mol. The van der Waals surface area contributed by atoms with Gasteiger partial charge in [0.05, 0.1) is 11.7 Å². The number of carbonyl (C=O) groups excluding carboxylic acids is 2. The molecule has 0 saturated carbocycles. The van der Waals surface area contributed by atoms with Crippen LogP contribution in [0.15, 0.2) is 11.1 Å². The first kappa shape index (κ1) is 22.4. The fourth-order valence-corrected chi connectivity index (χ4v) is 4.92. The highest BCUT2D eigenvalue weighted by atomic mass is 32.1. The first-order valence-corrected chi connectivity index (χ1v) is 11.4. The van der Waals surface area contributed by atoms with Crippen LogP contribution in [0.5, 0.6) is 0 Å². The summed E-state index contributed by atoms with van der Waals surface area (Å²) in [6.45, 7) is 9.16. The Labute approximate surface area is 180 Å². The van der Waals surface area contributed by atoms with E-state index in [2.05, 4.69) is 27.4 Å². The lowest BCUT2D eigenvalue weighted by atomic mass is 10.2. The van der Waals surface area contributed by atoms with E-state index in [1.165, 1.54) is 28.7 Å². The lowest BCUT2D eigenvalue weighted by molar-refractivity contribution is -0.123. The molecular formula is C21H31N5O3S. The van der Waals surface area contributed by atoms with Crippen LogP contribution in [-0.4, -0.2) is 58.5 Å². The topological polar surface area (TPSA) is 96.3 Å². The number of aromatic nitrogens is 2. The maximum absolute atomic E-state index is 12.6. The SMILES string of the molecule is CCN1CCCC1CNC(=O)CCCNC(=O)Cn1cnc2sc(C)c(C)c2c1=O. The van der Waals surface area contributed by atoms with E-state index >= 15 is 0 Å². The summed E-state index contributed by atoms with van der Waals surface area (Å²) in [5, 5.41) is 6.38. The minimum absolute atomic E-state index is 0.0152. The number of likely N-dealkylation sites (tertiary alicyclic amines) is 1. The van der Waals surface area contributed by atoms with Crippen LogP contribution >= 0.6 is 11.3 Å². The van der Waals surface area contributed by atoms with Gasteiger partial charge >= 0.3 is 0 Å². The highest BCUT2D eigenvalue weighted by Crippen LogP contribution is 2.25. The monoisotopic (exact) mass is 433 g/mol. The molecule has 1 atom stereocenters. The van der Waals surface area contributed by atoms with Crippen LogP contribution in [0.1, 0.15) is 43.0 Å². The van der Waals surface area contributed by atoms with Gasteiger partial charge < -0.3 is 10.6 Å². The predicted molar refractivity (Wildman–Crippen MR) is 119 cm³/mol. The van der Waals surface area contributed by atoms with Gasteiger partial charge in [0.2, 0.25) is 11.8 Å². The second-order valence-electron chi connectivity index (χ2n) is 7.82. The molecule has 0 spiro atoms. The zero-order valence-corrected chi connectivity index (χ0v) is 18.8. The summed E-state index contributed by atoms with van der Waals surface area (Å²) < 4.78 is 1.34. The Morgan fingerprint density at radius 1 is 1.27 bits per heavy atom. The van der Waals surface area contributed by atoms with Crippen molar-refractivity contribution >= 4 is 33.4 Å². The van der Waals surface area contributed by atoms with Crippen LogP contribution in [0.4, 0.5) is 0 Å². The van der Waals surface area contributed by atoms with E-state index in [1.54, 1.807) is 0 Å². The fraction of sp³-hybridized carbons (Fsp3) is 0.619. The number of nitrogens with zero attached hydrogens (tertiary/aromatic N) is 3. The number of nitrogens with one attached hydrogen (secondary N) is 2. The van der Waals surface area contributed by atoms with Crippen molar-refractivity contribution in [1.82, 2.24) is 25.1 Å². The van der Waals surface area contributed by atoms with Crippen LogP contribution in [0, 0.1) is 13.8 Å². The first-order valence-electron chi connectivity index (χ1n) is 10.6. The number of thiophene rings is 1. The van der Waals surface area contributed by atoms with Crippen molar-refractivity contribution < 1.29 is 9.59 Å². The Balaban J connectivity index is 1.39. The van der Waals surface area contributed by atoms with E-state index in [4.69, 9.17) is 0 Å². The van der Waals surface area contributed by atoms with Crippen LogP contribution in [0.25, 0.3) is 10.2 Å². The summed E-state index contributed by atoms with van der Waals surface area (Å²) in [4.78, 5) is 45.3. The van der Waals surface area contributed by atoms with Crippen LogP contribution < -0.4 is 16.2 Å². The molecule has 164 valence electrons. The van der Waals surface area contributed by atoms with Crippen LogP contribution in [0.2, 0.25) is 0 Å². The minimum Gasteiger partial charge on any atom is -0.355 e. The predicted octanol–water partition coefficient (Wildman–Crippen LogP) is 1.57. The average Bonchev–Trinajstić information content (AvgIpc) is 3.30. The minimum atomic E-state index is -0.257. The number of amides is 2. The standard InChI is InChI=1S/C21H31N5O3S/c1-4-25-10-6-7-16(25)11-23-17(27)8-5-9-22-18(28)12-26-13-24-20-19(21(26)29)14(2)15(3)30-20/h13,16H,4-12H2,1-3H3,(H,22,28)(H,23,27). The molecule has 3 rings (SSSR count). The Morgan fingerprint density at radius 2 is 2.07 bits per heavy atom. The largest absolute Gasteiger partial charge is 0.355 e. The van der Waals surface area contributed by atoms with Gasteiger partial charge in [0, 0.05) is 30.4 Å². The van der Waals surface area contributed by atoms with Gasteiger partial charge in [-0.05, 0) is 51.8 Å². The highest BCUT2D eigenvalue weighted by molar-refractivity contribution is 7.18. The first-order chi connectivity index (χ1) is 14.4. The molecule has 0 radical (unpaired) electrons. The number of fused-ring (bicyclic) bond motifs is 1. The molecular weight excluding hydrogens is 402 g/mol. The van der Waals surface area contributed by atoms with Crippen molar-refractivity contribution in [2.75, 3.05) is 26.2 Å². The van der Waals surface area contributed by atoms with E-state index in [-0.39, 0.29) is 23.9 Å². The lowest BCUT2D eigenvalue weighted by Crippen LogP contribution is -2.40. The van der Waals surface area contributed by atoms with E-state index in [0.29, 0.717) is 42.2 Å². The van der Waals surface area contributed by atoms with Crippen molar-refractivity contribution in [1.29, 1.82) is 0 Å². The van der Waals surface area contributed by atoms with Gasteiger partial charge in [0.25, 0.3) is 5.56 Å². The van der Waals surface area contributed by atoms with Gasteiger partial charge in [-0.2, -0.15) is 0 Å². The fourth-order valence-electron chi connectivity index (χ4n) is 3.93. The summed E-state index contributed by atoms with van der Waals surface area (Å²) in [6.07, 6.45) is 4.69. The van der Waals surface area contributed by atoms with Crippen LogP contribution in [0.3, 0.4) is 0 Å². The van der Waals surface area contributed by atoms with Gasteiger partial charge in [0.15, 0.2) is 0 Å². The maximum Gasteiger partial charge on any atom is 0.262 e. The van der Waals surface area contributed by atoms with Gasteiger partial charge in [-0.15, -0.1) is 11.3 Å². The molecule has 30 heavy (non-hydrogen) atoms. The summed E-state index contributed by atoms with van der Waals surface area (Å²) >= 11 is 1.49. The molecule has 1 aliphatic heterocycles. The zero-order chi connectivity index (χ0) is 21.7. The smallest absolute Gasteiger partial charge is 0.262 e. The molecule has 1 unspecified atom stereocenters. The molecule has 2 N–H and O–H groups in total. The molecule has 2 aromatic heterocycles. The second-order valence-corrected chi connectivity index (χ2v) is 9.03. The maximum atomic E-state index is 12.6. The molecule has 1 fully saturated rings. The molecule has 2 aromatic rings. The molecule has 2 amide bonds. The summed E-state index contributed by atoms with van der Waals surface area (Å²) in [6, 6.07) is 0.443. The van der Waals surface area contributed by atoms with E-state index in [9.17, 15) is 14.4 Å². The molecule has 1 saturated heterocycles. The van der Waals surface area contributed by atoms with Gasteiger partial charge in [-0.3, -0.25) is 23.9 Å². The quantitative estimate of drug-likeness (QED) is 0.585. The number of hydrogen-bond donors (Lipinski definition) is 2. The van der Waals surface area contributed by atoms with E-state index < -0.39 is 0 Å². The highest BCUT2D eigenvalue weighted by Gasteiger charge is 2.23. The number of rotatable bonds is 9. The summed E-state index contributed by atoms with van der Waals surface area (Å²) in [5.41, 5.74) is 0.734. The van der Waals surface area contributed by atoms with Crippen molar-refractivity contribution in [2.24, 2.45) is 0 Å². The van der Waals surface area contributed by atoms with Crippen molar-refractivity contribution in [2.45, 2.75) is 59.0 Å². The summed E-state index contributed by atoms with van der Waals surface area (Å²) in [7, 11) is 0. The number of hydrogen-bond acceptors (Lipinski definition) is 6. The normalized spacial score (nSPS) is 16.8. The van der Waals surface area contributed by atoms with Gasteiger partial charge in [-0.25, -0.2) is 4.98 Å². The molecule has 0 aliphatic carbocycles. The molecule has 0 aromatic carbocycles. The lowest BCUT2D eigenvalue weighted by Gasteiger charge is -2.22. The third kappa shape index (κ3) is 5.26. The Kier molecular flexibility index (Phi) is 7.60. The summed E-state index contributed by atoms with van der Waals surface area (Å²) in [5.74, 6) is -0.241. The van der Waals surface area contributed by atoms with Gasteiger partial charge in [-0.1, -0.05) is 6.92 Å². The molecule has 0 bridgehead atoms. The molecule has 3 heterocycles. The van der Waals surface area contributed by atoms with Crippen LogP contribution in [-0.2, 0) is 16.1 Å². The molecule has 9 heteroatoms. The van der Waals surface area contributed by atoms with Crippen molar-refractivity contribution in [3.63, 3.8) is 0 Å². The molecule has 1 aliphatic rings. The molecule has 8 nitrogen and oxygen atoms in total. The third-order valence-corrected chi connectivity index (χ3v) is 6.93. The number of aryl methyl sites for hydroxylation is 2.